The number of halogens is 1. The molecule has 24 heavy (non-hydrogen) atoms. The highest BCUT2D eigenvalue weighted by Crippen LogP contribution is 2.31. The first-order valence-corrected chi connectivity index (χ1v) is 8.64. The number of hydrogen-bond acceptors (Lipinski definition) is 1. The Morgan fingerprint density at radius 1 is 0.958 bits per heavy atom. The van der Waals surface area contributed by atoms with Crippen LogP contribution in [0, 0.1) is 6.85 Å². The number of pyridine rings is 1. The summed E-state index contributed by atoms with van der Waals surface area (Å²) in [4.78, 5) is 4.14. The molecule has 0 bridgehead atoms. The van der Waals surface area contributed by atoms with Gasteiger partial charge in [0.05, 0.1) is 1.37 Å². The van der Waals surface area contributed by atoms with Crippen molar-refractivity contribution in [1.29, 1.82) is 0 Å². The zero-order valence-electron chi connectivity index (χ0n) is 18.0. The highest BCUT2D eigenvalue weighted by Gasteiger charge is 2.14. The van der Waals surface area contributed by atoms with Crippen LogP contribution in [0.4, 0.5) is 0 Å². The van der Waals surface area contributed by atoms with Crippen molar-refractivity contribution in [2.24, 2.45) is 0 Å². The molecule has 0 saturated heterocycles. The van der Waals surface area contributed by atoms with Gasteiger partial charge >= 0.3 is 0 Å². The lowest BCUT2D eigenvalue weighted by molar-refractivity contribution is 0.590. The molecule has 1 aromatic heterocycles. The minimum absolute atomic E-state index is 0.226. The monoisotopic (exact) mass is 383 g/mol. The van der Waals surface area contributed by atoms with Crippen molar-refractivity contribution in [3.8, 4) is 22.3 Å². The van der Waals surface area contributed by atoms with Crippen LogP contribution in [-0.2, 0) is 5.41 Å². The number of nitrogens with zero attached hydrogens (tertiary/aromatic N) is 1. The molecule has 0 aliphatic carbocycles. The van der Waals surface area contributed by atoms with Crippen LogP contribution >= 0.6 is 15.9 Å². The number of aryl methyl sites for hydroxylation is 1. The molecule has 0 aliphatic heterocycles. The maximum atomic E-state index is 8.53. The van der Waals surface area contributed by atoms with Crippen LogP contribution in [0.15, 0.2) is 65.4 Å². The van der Waals surface area contributed by atoms with Gasteiger partial charge in [0, 0.05) is 10.3 Å². The van der Waals surface area contributed by atoms with E-state index in [2.05, 4.69) is 20.9 Å². The Hall–Kier alpha value is -1.93. The van der Waals surface area contributed by atoms with E-state index in [1.165, 1.54) is 0 Å². The molecule has 0 N–H and O–H groups in total. The van der Waals surface area contributed by atoms with Crippen LogP contribution in [0.1, 0.15) is 37.4 Å². The zero-order chi connectivity index (χ0) is 20.7. The van der Waals surface area contributed by atoms with Gasteiger partial charge in [-0.25, -0.2) is 4.98 Å². The van der Waals surface area contributed by atoms with Gasteiger partial charge in [0.1, 0.15) is 4.60 Å². The van der Waals surface area contributed by atoms with Gasteiger partial charge in [-0.05, 0) is 73.7 Å². The van der Waals surface area contributed by atoms with Crippen LogP contribution in [0.25, 0.3) is 22.3 Å². The number of aromatic nitrogens is 1. The summed E-state index contributed by atoms with van der Waals surface area (Å²) >= 11 is 3.38. The summed E-state index contributed by atoms with van der Waals surface area (Å²) in [6.45, 7) is 3.77. The molecule has 0 atom stereocenters. The molecule has 0 fully saturated rings. The third kappa shape index (κ3) is 3.59. The summed E-state index contributed by atoms with van der Waals surface area (Å²) in [5.41, 5.74) is 4.06. The van der Waals surface area contributed by atoms with Crippen molar-refractivity contribution in [2.75, 3.05) is 0 Å². The van der Waals surface area contributed by atoms with Gasteiger partial charge in [0.25, 0.3) is 0 Å². The van der Waals surface area contributed by atoms with Gasteiger partial charge in [0.15, 0.2) is 0 Å². The quantitative estimate of drug-likeness (QED) is 0.444. The fourth-order valence-electron chi connectivity index (χ4n) is 2.58. The standard InChI is InChI=1S/C22H22BrN/c1-15-13-19(22(2,3)4)9-10-20(15)17-7-5-16(6-8-17)18-11-12-24-21(23)14-18/h5-14H,1-4H3/i1D3,10D. The second kappa shape index (κ2) is 6.52. The summed E-state index contributed by atoms with van der Waals surface area (Å²) in [6, 6.07) is 15.2. The van der Waals surface area contributed by atoms with E-state index in [1.807, 2.05) is 57.2 Å². The summed E-state index contributed by atoms with van der Waals surface area (Å²) in [5, 5.41) is 0. The minimum atomic E-state index is -2.29. The van der Waals surface area contributed by atoms with Crippen LogP contribution in [0.5, 0.6) is 0 Å². The van der Waals surface area contributed by atoms with E-state index < -0.39 is 6.85 Å². The van der Waals surface area contributed by atoms with Crippen LogP contribution < -0.4 is 0 Å². The normalized spacial score (nSPS) is 14.5. The smallest absolute Gasteiger partial charge is 0.106 e. The van der Waals surface area contributed by atoms with Crippen molar-refractivity contribution in [1.82, 2.24) is 4.98 Å². The summed E-state index contributed by atoms with van der Waals surface area (Å²) in [6.07, 6.45) is 1.73. The molecule has 1 heterocycles. The Labute approximate surface area is 158 Å². The van der Waals surface area contributed by atoms with Gasteiger partial charge < -0.3 is 0 Å². The lowest BCUT2D eigenvalue weighted by Crippen LogP contribution is -2.11. The third-order valence-corrected chi connectivity index (χ3v) is 4.47. The van der Waals surface area contributed by atoms with E-state index in [-0.39, 0.29) is 17.0 Å². The summed E-state index contributed by atoms with van der Waals surface area (Å²) in [5.74, 6) is 0. The Morgan fingerprint density at radius 3 is 2.29 bits per heavy atom. The lowest BCUT2D eigenvalue weighted by Gasteiger charge is -2.20. The molecule has 1 nitrogen and oxygen atoms in total. The molecule has 122 valence electrons. The van der Waals surface area contributed by atoms with Crippen molar-refractivity contribution in [3.63, 3.8) is 0 Å². The van der Waals surface area contributed by atoms with Crippen molar-refractivity contribution < 1.29 is 5.48 Å². The molecule has 0 aliphatic rings. The predicted molar refractivity (Wildman–Crippen MR) is 106 cm³/mol. The fraction of sp³-hybridized carbons (Fsp3) is 0.227. The highest BCUT2D eigenvalue weighted by molar-refractivity contribution is 9.10. The topological polar surface area (TPSA) is 12.9 Å². The molecule has 0 spiro atoms. The van der Waals surface area contributed by atoms with Crippen LogP contribution in [-0.4, -0.2) is 4.98 Å². The van der Waals surface area contributed by atoms with E-state index in [4.69, 9.17) is 5.48 Å². The largest absolute Gasteiger partial charge is 0.249 e. The molecule has 0 amide bonds. The maximum absolute atomic E-state index is 8.53. The Balaban J connectivity index is 2.13. The number of hydrogen-bond donors (Lipinski definition) is 0. The SMILES string of the molecule is [2H]c1cc(C(C)(C)C)cc(C([2H])([2H])[2H])c1-c1ccc(-c2ccnc(Br)c2)cc1. The molecular formula is C22H22BrN. The highest BCUT2D eigenvalue weighted by atomic mass is 79.9. The van der Waals surface area contributed by atoms with Crippen LogP contribution in [0.3, 0.4) is 0 Å². The first-order valence-electron chi connectivity index (χ1n) is 9.85. The minimum Gasteiger partial charge on any atom is -0.249 e. The van der Waals surface area contributed by atoms with Crippen LogP contribution in [0.2, 0.25) is 0 Å². The second-order valence-electron chi connectivity index (χ2n) is 6.87. The van der Waals surface area contributed by atoms with Gasteiger partial charge in [-0.1, -0.05) is 63.2 Å². The predicted octanol–water partition coefficient (Wildman–Crippen LogP) is 6.78. The molecule has 0 radical (unpaired) electrons. The second-order valence-corrected chi connectivity index (χ2v) is 7.68. The maximum Gasteiger partial charge on any atom is 0.106 e. The first kappa shape index (κ1) is 12.4. The van der Waals surface area contributed by atoms with Gasteiger partial charge in [-0.2, -0.15) is 0 Å². The Kier molecular flexibility index (Phi) is 3.38. The zero-order valence-corrected chi connectivity index (χ0v) is 15.6. The van der Waals surface area contributed by atoms with Gasteiger partial charge in [-0.15, -0.1) is 0 Å². The van der Waals surface area contributed by atoms with Gasteiger partial charge in [0.2, 0.25) is 0 Å². The van der Waals surface area contributed by atoms with Crippen molar-refractivity contribution in [2.45, 2.75) is 33.0 Å². The molecule has 3 rings (SSSR count). The van der Waals surface area contributed by atoms with Crippen molar-refractivity contribution in [3.05, 3.63) is 76.5 Å². The average Bonchev–Trinajstić information content (AvgIpc) is 2.59. The average molecular weight is 384 g/mol. The number of benzene rings is 2. The van der Waals surface area contributed by atoms with Gasteiger partial charge in [-0.3, -0.25) is 0 Å². The Morgan fingerprint density at radius 2 is 1.67 bits per heavy atom. The molecule has 2 heteroatoms. The molecule has 2 aromatic carbocycles. The number of rotatable bonds is 2. The third-order valence-electron chi connectivity index (χ3n) is 4.04. The van der Waals surface area contributed by atoms with E-state index in [0.29, 0.717) is 5.56 Å². The van der Waals surface area contributed by atoms with E-state index >= 15 is 0 Å². The molecule has 0 saturated carbocycles. The summed E-state index contributed by atoms with van der Waals surface area (Å²) < 4.78 is 33.3. The lowest BCUT2D eigenvalue weighted by atomic mass is 9.84. The van der Waals surface area contributed by atoms with E-state index in [0.717, 1.165) is 26.9 Å². The molecule has 3 aromatic rings. The summed E-state index contributed by atoms with van der Waals surface area (Å²) in [7, 11) is 0. The fourth-order valence-corrected chi connectivity index (χ4v) is 2.95. The van der Waals surface area contributed by atoms with Crippen molar-refractivity contribution >= 4 is 15.9 Å². The van der Waals surface area contributed by atoms with E-state index in [1.54, 1.807) is 18.3 Å². The first-order chi connectivity index (χ1) is 13.0. The molecular weight excluding hydrogens is 358 g/mol. The van der Waals surface area contributed by atoms with E-state index in [9.17, 15) is 0 Å². The molecule has 0 unspecified atom stereocenters. The Bertz CT molecular complexity index is 1000.